The zero-order valence-corrected chi connectivity index (χ0v) is 87.6. The molecule has 20 rings (SSSR count). The second-order valence-electron chi connectivity index (χ2n) is 37.6. The van der Waals surface area contributed by atoms with Gasteiger partial charge < -0.3 is 19.4 Å². The molecule has 19 nitrogen and oxygen atoms in total. The van der Waals surface area contributed by atoms with Crippen molar-refractivity contribution < 1.29 is 109 Å². The molecule has 41 heteroatoms. The number of sulfonamides is 5. The molecular formula is C107H104Cl4F13N7O12S5. The van der Waals surface area contributed by atoms with Gasteiger partial charge >= 0.3 is 24.7 Å². The standard InChI is InChI=1S/C22H24ClNO3S.C22H22F3NO2S.C21H21Cl2NO2S.C21H20ClF3N2O3S.C21H17F7N2O2S/c1-15-4-3-5-20-18(15)7-8-19(20)16-10-12-24(13-11-16)28(25,26)22-14-17(23)6-9-21(22)27-2;1-15-4-2-7-21-19(15)8-9-20(21)16-10-12-26(13-11-16)29(27,28)18-6-3-5-17(14-18)22(23,24)25;1-14-4-2-5-18-16(14)8-9-17(18)15-10-12-24(13-11-15)27(25,26)21-19(22)6-3-7-20(21)23;1-30-15-3-4-19-16(11-15)17(12-26-19)13-6-8-27(9-7-13)31(28,29)20-5-2-14(10-18(20)22)21(23,24)25;22-15-1-2-19-17(10-15)18(11-29-19)12-3-5-30(6-4-12)33(31,32)16-8-13(20(23,24)25)7-14(9-16)21(26,27)28/h3-6,8-9,14,16H,7,10-13H2,1-2H3;2-7,9,14,16H,8,10-13H2,1H3;2-7,9,15H,8,10-13H2,1H3;2-5,10-13,26H,6-9H2,1H3;1-2,7-12,29H,3-6H2. The number of rotatable bonds is 17. The summed E-state index contributed by atoms with van der Waals surface area (Å²) in [5.74, 6) is 1.69. The number of nitrogens with one attached hydrogen (secondary N) is 2. The predicted octanol–water partition coefficient (Wildman–Crippen LogP) is 26.4. The maximum Gasteiger partial charge on any atom is 0.416 e. The molecule has 2 aromatic heterocycles. The first-order valence-electron chi connectivity index (χ1n) is 47.8. The number of methoxy groups -OCH3 is 2. The van der Waals surface area contributed by atoms with Crippen LogP contribution in [0.4, 0.5) is 57.1 Å². The van der Waals surface area contributed by atoms with Crippen LogP contribution in [0, 0.1) is 44.3 Å². The lowest BCUT2D eigenvalue weighted by molar-refractivity contribution is -0.143. The molecule has 12 aromatic rings. The molecule has 10 aromatic carbocycles. The molecule has 0 amide bonds. The highest BCUT2D eigenvalue weighted by atomic mass is 35.5. The van der Waals surface area contributed by atoms with Crippen molar-refractivity contribution in [1.82, 2.24) is 31.5 Å². The molecule has 0 spiro atoms. The van der Waals surface area contributed by atoms with E-state index in [0.29, 0.717) is 105 Å². The average Bonchev–Trinajstić information content (AvgIpc) is 1.31. The molecule has 0 saturated carbocycles. The fraction of sp³-hybridized carbons (Fsp3) is 0.346. The van der Waals surface area contributed by atoms with Crippen LogP contribution in [0.15, 0.2) is 243 Å². The van der Waals surface area contributed by atoms with E-state index < -0.39 is 113 Å². The SMILES string of the molecule is COc1ccc(Cl)cc1S(=O)(=O)N1CCC(C2=CCc3c(C)cccc32)CC1.COc1ccc2[nH]cc(C3CCN(S(=O)(=O)c4ccc(C(F)(F)F)cc4Cl)CC3)c2c1.Cc1cccc2c1CC=C2C1CCN(S(=O)(=O)c2c(Cl)cccc2Cl)CC1.Cc1cccc2c1CC=C2C1CCN(S(=O)(=O)c2cccc(C(F)(F)F)c2)CC1.O=S(=O)(c1cc(C(F)(F)F)cc(C(F)(F)F)c1)N1CCC(c2c[nH]c3ccc(F)cc23)CC1. The van der Waals surface area contributed by atoms with Crippen molar-refractivity contribution in [3.8, 4) is 11.5 Å². The van der Waals surface area contributed by atoms with E-state index in [1.807, 2.05) is 30.5 Å². The number of piperidine rings is 5. The maximum atomic E-state index is 13.6. The Balaban J connectivity index is 0.000000132. The highest BCUT2D eigenvalue weighted by molar-refractivity contribution is 7.90. The number of benzene rings is 10. The van der Waals surface area contributed by atoms with Crippen LogP contribution in [0.1, 0.15) is 159 Å². The van der Waals surface area contributed by atoms with Crippen LogP contribution in [0.25, 0.3) is 38.5 Å². The fourth-order valence-electron chi connectivity index (χ4n) is 21.0. The van der Waals surface area contributed by atoms with Crippen LogP contribution in [0.3, 0.4) is 0 Å². The molecular weight excluding hydrogens is 2120 g/mol. The van der Waals surface area contributed by atoms with Crippen molar-refractivity contribution in [2.24, 2.45) is 17.8 Å². The number of aryl methyl sites for hydroxylation is 3. The lowest BCUT2D eigenvalue weighted by Crippen LogP contribution is -2.38. The Labute approximate surface area is 871 Å². The van der Waals surface area contributed by atoms with Gasteiger partial charge in [-0.3, -0.25) is 0 Å². The van der Waals surface area contributed by atoms with Gasteiger partial charge in [0.25, 0.3) is 0 Å². The first-order valence-corrected chi connectivity index (χ1v) is 56.5. The summed E-state index contributed by atoms with van der Waals surface area (Å²) < 4.78 is 317. The molecule has 8 aliphatic rings. The van der Waals surface area contributed by atoms with E-state index in [1.54, 1.807) is 54.0 Å². The van der Waals surface area contributed by atoms with Gasteiger partial charge in [-0.05, 0) is 333 Å². The molecule has 2 N–H and O–H groups in total. The zero-order valence-electron chi connectivity index (χ0n) is 80.5. The molecule has 0 unspecified atom stereocenters. The first kappa shape index (κ1) is 111. The number of ether oxygens (including phenoxy) is 2. The van der Waals surface area contributed by atoms with Crippen LogP contribution < -0.4 is 9.47 Å². The Hall–Kier alpha value is -10.1. The molecule has 3 aliphatic carbocycles. The molecule has 148 heavy (non-hydrogen) atoms. The third-order valence-electron chi connectivity index (χ3n) is 28.9. The number of aromatic nitrogens is 2. The van der Waals surface area contributed by atoms with Gasteiger partial charge in [-0.2, -0.15) is 74.2 Å². The van der Waals surface area contributed by atoms with E-state index in [9.17, 15) is 99.2 Å². The lowest BCUT2D eigenvalue weighted by atomic mass is 9.86. The van der Waals surface area contributed by atoms with Gasteiger partial charge in [-0.25, -0.2) is 46.5 Å². The summed E-state index contributed by atoms with van der Waals surface area (Å²) in [5.41, 5.74) is 14.3. The van der Waals surface area contributed by atoms with Crippen molar-refractivity contribution in [3.05, 3.63) is 328 Å². The highest BCUT2D eigenvalue weighted by Crippen LogP contribution is 2.49. The Kier molecular flexibility index (Phi) is 33.1. The van der Waals surface area contributed by atoms with E-state index in [0.717, 1.165) is 107 Å². The summed E-state index contributed by atoms with van der Waals surface area (Å²) in [6, 6.07) is 45.3. The van der Waals surface area contributed by atoms with Crippen LogP contribution in [0.5, 0.6) is 11.5 Å². The topological polar surface area (TPSA) is 237 Å². The summed E-state index contributed by atoms with van der Waals surface area (Å²) in [6.45, 7) is 9.27. The number of H-pyrrole nitrogens is 2. The quantitative estimate of drug-likeness (QED) is 0.0810. The Bertz CT molecular complexity index is 7680. The van der Waals surface area contributed by atoms with Crippen LogP contribution in [-0.4, -0.2) is 153 Å². The van der Waals surface area contributed by atoms with Crippen LogP contribution in [-0.2, 0) is 94.1 Å². The van der Waals surface area contributed by atoms with Crippen molar-refractivity contribution in [1.29, 1.82) is 0 Å². The molecule has 788 valence electrons. The van der Waals surface area contributed by atoms with Gasteiger partial charge in [0, 0.05) is 105 Å². The largest absolute Gasteiger partial charge is 0.497 e. The summed E-state index contributed by atoms with van der Waals surface area (Å²) in [5, 5.41) is 1.98. The van der Waals surface area contributed by atoms with Gasteiger partial charge in [0.1, 0.15) is 32.0 Å². The zero-order chi connectivity index (χ0) is 106. The summed E-state index contributed by atoms with van der Waals surface area (Å²) in [6.07, 6.45) is 0.206. The van der Waals surface area contributed by atoms with E-state index in [1.165, 1.54) is 111 Å². The number of hydrogen-bond donors (Lipinski definition) is 2. The van der Waals surface area contributed by atoms with Crippen molar-refractivity contribution in [2.75, 3.05) is 79.7 Å². The maximum absolute atomic E-state index is 13.6. The molecule has 5 aliphatic heterocycles. The molecule has 5 fully saturated rings. The van der Waals surface area contributed by atoms with Crippen LogP contribution >= 0.6 is 46.4 Å². The minimum absolute atomic E-state index is 0.0211. The lowest BCUT2D eigenvalue weighted by Gasteiger charge is -2.32. The van der Waals surface area contributed by atoms with E-state index in [-0.39, 0.29) is 105 Å². The van der Waals surface area contributed by atoms with Crippen molar-refractivity contribution in [3.63, 3.8) is 0 Å². The van der Waals surface area contributed by atoms with Crippen molar-refractivity contribution in [2.45, 2.75) is 165 Å². The number of fused-ring (bicyclic) bond motifs is 5. The number of aromatic amines is 2. The van der Waals surface area contributed by atoms with Gasteiger partial charge in [-0.1, -0.05) is 131 Å². The smallest absolute Gasteiger partial charge is 0.416 e. The van der Waals surface area contributed by atoms with E-state index in [2.05, 4.69) is 97.5 Å². The average molecular weight is 2230 g/mol. The van der Waals surface area contributed by atoms with E-state index >= 15 is 0 Å². The second-order valence-corrected chi connectivity index (χ2v) is 48.9. The summed E-state index contributed by atoms with van der Waals surface area (Å²) in [7, 11) is -16.8. The van der Waals surface area contributed by atoms with Gasteiger partial charge in [-0.15, -0.1) is 0 Å². The summed E-state index contributed by atoms with van der Waals surface area (Å²) >= 11 is 24.2. The third kappa shape index (κ3) is 23.7. The normalized spacial score (nSPS) is 17.7. The molecule has 0 atom stereocenters. The molecule has 7 heterocycles. The number of halogens is 17. The minimum atomic E-state index is -5.15. The number of alkyl halides is 12. The molecule has 0 radical (unpaired) electrons. The van der Waals surface area contributed by atoms with Gasteiger partial charge in [0.05, 0.1) is 61.3 Å². The number of nitrogens with zero attached hydrogens (tertiary/aromatic N) is 5. The van der Waals surface area contributed by atoms with Gasteiger partial charge in [0.2, 0.25) is 50.1 Å². The van der Waals surface area contributed by atoms with Crippen LogP contribution in [0.2, 0.25) is 20.1 Å². The first-order chi connectivity index (χ1) is 69.9. The minimum Gasteiger partial charge on any atom is -0.497 e. The Morgan fingerprint density at radius 2 is 0.696 bits per heavy atom. The molecule has 5 saturated heterocycles. The van der Waals surface area contributed by atoms with Gasteiger partial charge in [0.15, 0.2) is 0 Å². The molecule has 0 bridgehead atoms. The summed E-state index contributed by atoms with van der Waals surface area (Å²) in [4.78, 5) is 4.74. The fourth-order valence-corrected chi connectivity index (χ4v) is 30.5. The highest BCUT2D eigenvalue weighted by Gasteiger charge is 2.45. The van der Waals surface area contributed by atoms with Crippen molar-refractivity contribution >= 4 is 135 Å². The number of allylic oxidation sites excluding steroid dienone is 6. The Morgan fingerprint density at radius 3 is 1.11 bits per heavy atom. The monoisotopic (exact) mass is 2230 g/mol. The predicted molar refractivity (Wildman–Crippen MR) is 546 cm³/mol. The second kappa shape index (κ2) is 44.3. The van der Waals surface area contributed by atoms with E-state index in [4.69, 9.17) is 55.9 Å². The third-order valence-corrected chi connectivity index (χ3v) is 40.1. The number of hydrogen-bond acceptors (Lipinski definition) is 12. The Morgan fingerprint density at radius 1 is 0.331 bits per heavy atom.